The smallest absolute Gasteiger partial charge is 0.311 e. The highest BCUT2D eigenvalue weighted by Crippen LogP contribution is 2.51. The van der Waals surface area contributed by atoms with Gasteiger partial charge in [-0.3, -0.25) is 9.59 Å². The molecule has 0 fully saturated rings. The Hall–Kier alpha value is -6.92. The number of carbonyl (C=O) groups is 2. The van der Waals surface area contributed by atoms with Crippen LogP contribution in [0.25, 0.3) is 33.0 Å². The fraction of sp³-hybridized carbons (Fsp3) is 0.200. The van der Waals surface area contributed by atoms with Crippen LogP contribution in [0.4, 0.5) is 0 Å². The molecule has 4 aromatic carbocycles. The number of carbonyl (C=O) groups excluding carboxylic acids is 2. The number of pyridine rings is 2. The van der Waals surface area contributed by atoms with Gasteiger partial charge in [0, 0.05) is 34.4 Å². The highest BCUT2D eigenvalue weighted by Gasteiger charge is 2.45. The average molecular weight is 803 g/mol. The van der Waals surface area contributed by atoms with Gasteiger partial charge >= 0.3 is 11.9 Å². The molecule has 0 saturated heterocycles. The number of esters is 2. The Morgan fingerprint density at radius 1 is 0.525 bits per heavy atom. The molecule has 2 aromatic heterocycles. The van der Waals surface area contributed by atoms with Gasteiger partial charge in [-0.05, 0) is 118 Å². The van der Waals surface area contributed by atoms with E-state index >= 15 is 0 Å². The van der Waals surface area contributed by atoms with Gasteiger partial charge < -0.3 is 9.47 Å². The summed E-state index contributed by atoms with van der Waals surface area (Å²) in [6.45, 7) is 8.41. The Morgan fingerprint density at radius 3 is 1.34 bits per heavy atom. The van der Waals surface area contributed by atoms with E-state index in [4.69, 9.17) is 19.4 Å². The number of hydrogen-bond donors (Lipinski definition) is 0. The molecule has 0 saturated carbocycles. The first-order valence-electron chi connectivity index (χ1n) is 21.0. The molecule has 0 amide bonds. The third-order valence-corrected chi connectivity index (χ3v) is 11.8. The van der Waals surface area contributed by atoms with Crippen molar-refractivity contribution in [3.63, 3.8) is 0 Å². The number of ether oxygens (including phenoxy) is 2. The molecule has 0 N–H and O–H groups in total. The third kappa shape index (κ3) is 9.14. The molecule has 2 unspecified atom stereocenters. The van der Waals surface area contributed by atoms with Crippen molar-refractivity contribution < 1.29 is 19.1 Å². The molecule has 0 spiro atoms. The zero-order valence-corrected chi connectivity index (χ0v) is 35.2. The van der Waals surface area contributed by atoms with Crippen molar-refractivity contribution in [3.8, 4) is 11.5 Å². The van der Waals surface area contributed by atoms with Crippen LogP contribution in [0.2, 0.25) is 0 Å². The van der Waals surface area contributed by atoms with Gasteiger partial charge in [0.15, 0.2) is 0 Å². The van der Waals surface area contributed by atoms with Crippen LogP contribution in [0.1, 0.15) is 82.3 Å². The highest BCUT2D eigenvalue weighted by molar-refractivity contribution is 5.86. The van der Waals surface area contributed by atoms with E-state index in [-0.39, 0.29) is 24.8 Å². The summed E-state index contributed by atoms with van der Waals surface area (Å²) in [5, 5.41) is 2.00. The van der Waals surface area contributed by atoms with Crippen LogP contribution >= 0.6 is 0 Å². The topological polar surface area (TPSA) is 78.4 Å². The van der Waals surface area contributed by atoms with E-state index in [2.05, 4.69) is 101 Å². The maximum atomic E-state index is 14.0. The molecule has 6 nitrogen and oxygen atoms in total. The maximum absolute atomic E-state index is 14.0. The molecule has 2 aliphatic carbocycles. The fourth-order valence-electron chi connectivity index (χ4n) is 8.93. The number of aromatic nitrogens is 2. The second-order valence-corrected chi connectivity index (χ2v) is 16.4. The lowest BCUT2D eigenvalue weighted by atomic mass is 9.60. The van der Waals surface area contributed by atoms with Crippen LogP contribution in [-0.2, 0) is 20.4 Å². The molecule has 2 heterocycles. The van der Waals surface area contributed by atoms with Crippen LogP contribution in [0.5, 0.6) is 11.5 Å². The second-order valence-electron chi connectivity index (χ2n) is 16.4. The fourth-order valence-corrected chi connectivity index (χ4v) is 8.93. The van der Waals surface area contributed by atoms with Gasteiger partial charge in [-0.1, -0.05) is 133 Å². The van der Waals surface area contributed by atoms with Crippen molar-refractivity contribution in [2.24, 2.45) is 0 Å². The molecule has 304 valence electrons. The van der Waals surface area contributed by atoms with Crippen molar-refractivity contribution in [1.29, 1.82) is 0 Å². The third-order valence-electron chi connectivity index (χ3n) is 11.8. The van der Waals surface area contributed by atoms with Crippen molar-refractivity contribution >= 4 is 44.9 Å². The Kier molecular flexibility index (Phi) is 11.9. The quantitative estimate of drug-likeness (QED) is 0.101. The Bertz CT molecular complexity index is 2620. The SMILES string of the molecule is CC1=C\C=C/C(CCC(=O)Oc2ccccc2)(CC2(CCC(=O)Oc3ccccc3)\C=C/C=C(C)/C=C(\C)c3nc4ccccc4cc32)c2cc3ccccc3nc2\C(C)=C\1. The average Bonchev–Trinajstić information content (AvgIpc) is 3.34. The van der Waals surface area contributed by atoms with Gasteiger partial charge in [-0.25, -0.2) is 9.97 Å². The van der Waals surface area contributed by atoms with Gasteiger partial charge in [-0.2, -0.15) is 0 Å². The van der Waals surface area contributed by atoms with E-state index in [0.29, 0.717) is 30.8 Å². The zero-order chi connectivity index (χ0) is 42.4. The summed E-state index contributed by atoms with van der Waals surface area (Å²) in [6.07, 6.45) is 18.8. The van der Waals surface area contributed by atoms with Crippen molar-refractivity contribution in [1.82, 2.24) is 9.97 Å². The van der Waals surface area contributed by atoms with Gasteiger partial charge in [0.2, 0.25) is 0 Å². The molecule has 61 heavy (non-hydrogen) atoms. The van der Waals surface area contributed by atoms with E-state index in [0.717, 1.165) is 66.6 Å². The summed E-state index contributed by atoms with van der Waals surface area (Å²) in [4.78, 5) is 38.8. The first-order chi connectivity index (χ1) is 29.6. The monoisotopic (exact) mass is 802 g/mol. The molecule has 2 aliphatic rings. The molecule has 6 heteroatoms. The van der Waals surface area contributed by atoms with E-state index in [1.807, 2.05) is 72.8 Å². The summed E-state index contributed by atoms with van der Waals surface area (Å²) in [5.74, 6) is 0.342. The minimum absolute atomic E-state index is 0.119. The molecule has 0 aliphatic heterocycles. The van der Waals surface area contributed by atoms with Gasteiger partial charge in [0.25, 0.3) is 0 Å². The number of nitrogens with zero attached hydrogens (tertiary/aromatic N) is 2. The maximum Gasteiger partial charge on any atom is 0.311 e. The van der Waals surface area contributed by atoms with Crippen molar-refractivity contribution in [2.45, 2.75) is 70.6 Å². The number of rotatable bonds is 10. The summed E-state index contributed by atoms with van der Waals surface area (Å²) in [7, 11) is 0. The lowest BCUT2D eigenvalue weighted by Crippen LogP contribution is -2.39. The van der Waals surface area contributed by atoms with Crippen molar-refractivity contribution in [3.05, 3.63) is 204 Å². The molecule has 0 bridgehead atoms. The predicted molar refractivity (Wildman–Crippen MR) is 247 cm³/mol. The zero-order valence-electron chi connectivity index (χ0n) is 35.2. The number of hydrogen-bond acceptors (Lipinski definition) is 6. The number of para-hydroxylation sites is 4. The van der Waals surface area contributed by atoms with Crippen LogP contribution in [0.3, 0.4) is 0 Å². The number of allylic oxidation sites excluding steroid dienone is 12. The standard InChI is InChI=1S/C55H50N2O4/c1-38-17-15-29-54(31-27-50(58)60-44-21-7-5-8-22-44,46-35-42-19-11-13-25-48(42)56-52(46)40(3)33-38)37-55(32-28-51(59)61-45-23-9-6-10-24-45)30-16-18-39(2)34-41(4)53-47(55)36-43-20-12-14-26-49(43)57-53/h5-26,29-30,33-36H,27-28,31-32,37H2,1-4H3/b29-15-,30-16-,38-17+,39-18+,40-33+,41-34+. The minimum Gasteiger partial charge on any atom is -0.427 e. The van der Waals surface area contributed by atoms with Gasteiger partial charge in [0.05, 0.1) is 22.4 Å². The Labute approximate surface area is 358 Å². The highest BCUT2D eigenvalue weighted by atomic mass is 16.5. The largest absolute Gasteiger partial charge is 0.427 e. The molecule has 6 aromatic rings. The molecule has 8 rings (SSSR count). The van der Waals surface area contributed by atoms with Gasteiger partial charge in [0.1, 0.15) is 11.5 Å². The Balaban J connectivity index is 1.38. The predicted octanol–water partition coefficient (Wildman–Crippen LogP) is 13.0. The van der Waals surface area contributed by atoms with Crippen LogP contribution in [-0.4, -0.2) is 21.9 Å². The van der Waals surface area contributed by atoms with E-state index < -0.39 is 10.8 Å². The molecular weight excluding hydrogens is 753 g/mol. The minimum atomic E-state index is -0.834. The lowest BCUT2D eigenvalue weighted by molar-refractivity contribution is -0.135. The van der Waals surface area contributed by atoms with E-state index in [1.54, 1.807) is 24.3 Å². The van der Waals surface area contributed by atoms with Gasteiger partial charge in [-0.15, -0.1) is 0 Å². The lowest BCUT2D eigenvalue weighted by Gasteiger charge is -2.43. The molecular formula is C55H50N2O4. The van der Waals surface area contributed by atoms with E-state index in [9.17, 15) is 9.59 Å². The molecule has 2 atom stereocenters. The number of benzene rings is 4. The number of fused-ring (bicyclic) bond motifs is 4. The first-order valence-corrected chi connectivity index (χ1v) is 21.0. The second kappa shape index (κ2) is 17.7. The Morgan fingerprint density at radius 2 is 0.918 bits per heavy atom. The summed E-state index contributed by atoms with van der Waals surface area (Å²) in [6, 6.07) is 39.3. The van der Waals surface area contributed by atoms with Crippen LogP contribution in [0.15, 0.2) is 181 Å². The molecule has 0 radical (unpaired) electrons. The van der Waals surface area contributed by atoms with Crippen LogP contribution in [0, 0.1) is 0 Å². The van der Waals surface area contributed by atoms with Crippen LogP contribution < -0.4 is 9.47 Å². The normalized spacial score (nSPS) is 23.1. The van der Waals surface area contributed by atoms with E-state index in [1.165, 1.54) is 0 Å². The summed E-state index contributed by atoms with van der Waals surface area (Å²) >= 11 is 0. The summed E-state index contributed by atoms with van der Waals surface area (Å²) in [5.41, 5.74) is 8.04. The van der Waals surface area contributed by atoms with Crippen molar-refractivity contribution in [2.75, 3.05) is 0 Å². The summed E-state index contributed by atoms with van der Waals surface area (Å²) < 4.78 is 11.9. The first kappa shape index (κ1) is 40.8.